The van der Waals surface area contributed by atoms with E-state index in [9.17, 15) is 9.59 Å². The highest BCUT2D eigenvalue weighted by Crippen LogP contribution is 2.33. The molecule has 1 N–H and O–H groups in total. The van der Waals surface area contributed by atoms with E-state index in [4.69, 9.17) is 9.47 Å². The summed E-state index contributed by atoms with van der Waals surface area (Å²) in [5.41, 5.74) is 0.703. The van der Waals surface area contributed by atoms with Gasteiger partial charge in [0.1, 0.15) is 11.5 Å². The maximum Gasteiger partial charge on any atom is 0.228 e. The number of nitrogens with zero attached hydrogens (tertiary/aromatic N) is 2. The van der Waals surface area contributed by atoms with Crippen molar-refractivity contribution in [2.45, 2.75) is 25.3 Å². The standard InChI is InChI=1S/C19H27N3O4/c1-20-11-14-5-4-6-21(14)19(24)13-7-18(23)22(12-13)15-8-16(25-2)10-17(9-15)26-3/h8-10,13-14,20H,4-7,11-12H2,1-3H3. The van der Waals surface area contributed by atoms with Gasteiger partial charge in [-0.3, -0.25) is 9.59 Å². The molecule has 0 aliphatic carbocycles. The van der Waals surface area contributed by atoms with E-state index >= 15 is 0 Å². The van der Waals surface area contributed by atoms with Crippen LogP contribution in [0.5, 0.6) is 11.5 Å². The van der Waals surface area contributed by atoms with Crippen molar-refractivity contribution >= 4 is 17.5 Å². The minimum atomic E-state index is -0.294. The Morgan fingerprint density at radius 1 is 1.23 bits per heavy atom. The SMILES string of the molecule is CNCC1CCCN1C(=O)C1CC(=O)N(c2cc(OC)cc(OC)c2)C1. The van der Waals surface area contributed by atoms with Gasteiger partial charge in [-0.1, -0.05) is 0 Å². The van der Waals surface area contributed by atoms with E-state index < -0.39 is 0 Å². The van der Waals surface area contributed by atoms with Crippen molar-refractivity contribution in [2.75, 3.05) is 45.8 Å². The Morgan fingerprint density at radius 2 is 1.92 bits per heavy atom. The van der Waals surface area contributed by atoms with Crippen molar-refractivity contribution in [3.63, 3.8) is 0 Å². The van der Waals surface area contributed by atoms with Crippen LogP contribution < -0.4 is 19.7 Å². The van der Waals surface area contributed by atoms with Crippen molar-refractivity contribution < 1.29 is 19.1 Å². The van der Waals surface area contributed by atoms with E-state index in [2.05, 4.69) is 5.32 Å². The lowest BCUT2D eigenvalue weighted by Crippen LogP contribution is -2.44. The molecule has 7 heteroatoms. The lowest BCUT2D eigenvalue weighted by atomic mass is 10.1. The van der Waals surface area contributed by atoms with Crippen LogP contribution in [0.4, 0.5) is 5.69 Å². The number of hydrogen-bond donors (Lipinski definition) is 1. The van der Waals surface area contributed by atoms with Gasteiger partial charge in [-0.25, -0.2) is 0 Å². The van der Waals surface area contributed by atoms with Crippen LogP contribution in [0.25, 0.3) is 0 Å². The Hall–Kier alpha value is -2.28. The molecule has 0 saturated carbocycles. The molecule has 1 aromatic carbocycles. The number of methoxy groups -OCH3 is 2. The van der Waals surface area contributed by atoms with Crippen LogP contribution in [-0.4, -0.2) is 63.7 Å². The Balaban J connectivity index is 1.75. The molecule has 2 saturated heterocycles. The van der Waals surface area contributed by atoms with Gasteiger partial charge in [-0.05, 0) is 19.9 Å². The molecule has 2 atom stereocenters. The predicted octanol–water partition coefficient (Wildman–Crippen LogP) is 1.27. The number of anilines is 1. The van der Waals surface area contributed by atoms with Crippen LogP contribution in [0.3, 0.4) is 0 Å². The van der Waals surface area contributed by atoms with Gasteiger partial charge in [0.05, 0.1) is 25.8 Å². The van der Waals surface area contributed by atoms with Crippen molar-refractivity contribution in [3.8, 4) is 11.5 Å². The lowest BCUT2D eigenvalue weighted by Gasteiger charge is -2.27. The zero-order valence-electron chi connectivity index (χ0n) is 15.7. The summed E-state index contributed by atoms with van der Waals surface area (Å²) < 4.78 is 10.6. The Kier molecular flexibility index (Phi) is 5.66. The third-order valence-electron chi connectivity index (χ3n) is 5.22. The first-order valence-electron chi connectivity index (χ1n) is 9.06. The summed E-state index contributed by atoms with van der Waals surface area (Å²) in [5, 5.41) is 3.15. The highest BCUT2D eigenvalue weighted by Gasteiger charge is 2.40. The topological polar surface area (TPSA) is 71.1 Å². The third kappa shape index (κ3) is 3.62. The number of rotatable bonds is 6. The van der Waals surface area contributed by atoms with Gasteiger partial charge in [0, 0.05) is 50.3 Å². The Bertz CT molecular complexity index is 656. The molecule has 7 nitrogen and oxygen atoms in total. The first kappa shape index (κ1) is 18.5. The van der Waals surface area contributed by atoms with Crippen molar-refractivity contribution in [2.24, 2.45) is 5.92 Å². The highest BCUT2D eigenvalue weighted by atomic mass is 16.5. The maximum atomic E-state index is 13.0. The number of carbonyl (C=O) groups excluding carboxylic acids is 2. The van der Waals surface area contributed by atoms with E-state index in [1.54, 1.807) is 37.3 Å². The summed E-state index contributed by atoms with van der Waals surface area (Å²) >= 11 is 0. The predicted molar refractivity (Wildman–Crippen MR) is 98.7 cm³/mol. The van der Waals surface area contributed by atoms with Gasteiger partial charge < -0.3 is 24.6 Å². The molecule has 3 rings (SSSR count). The summed E-state index contributed by atoms with van der Waals surface area (Å²) in [7, 11) is 5.05. The van der Waals surface area contributed by atoms with E-state index in [-0.39, 0.29) is 30.2 Å². The number of likely N-dealkylation sites (tertiary alicyclic amines) is 1. The molecule has 0 bridgehead atoms. The fourth-order valence-electron chi connectivity index (χ4n) is 3.88. The normalized spacial score (nSPS) is 22.8. The molecule has 2 aliphatic rings. The fraction of sp³-hybridized carbons (Fsp3) is 0.579. The van der Waals surface area contributed by atoms with Crippen molar-refractivity contribution in [3.05, 3.63) is 18.2 Å². The van der Waals surface area contributed by atoms with Gasteiger partial charge in [0.15, 0.2) is 0 Å². The van der Waals surface area contributed by atoms with Gasteiger partial charge in [-0.2, -0.15) is 0 Å². The molecule has 142 valence electrons. The molecule has 0 aromatic heterocycles. The lowest BCUT2D eigenvalue weighted by molar-refractivity contribution is -0.136. The number of hydrogen-bond acceptors (Lipinski definition) is 5. The molecule has 0 spiro atoms. The minimum Gasteiger partial charge on any atom is -0.497 e. The van der Waals surface area contributed by atoms with Crippen LogP contribution in [0, 0.1) is 5.92 Å². The Labute approximate surface area is 154 Å². The summed E-state index contributed by atoms with van der Waals surface area (Å²) in [5.74, 6) is 1.000. The van der Waals surface area contributed by atoms with Gasteiger partial charge >= 0.3 is 0 Å². The first-order chi connectivity index (χ1) is 12.6. The molecule has 2 amide bonds. The van der Waals surface area contributed by atoms with E-state index in [0.717, 1.165) is 25.9 Å². The number of likely N-dealkylation sites (N-methyl/N-ethyl adjacent to an activating group) is 1. The Morgan fingerprint density at radius 3 is 2.54 bits per heavy atom. The van der Waals surface area contributed by atoms with Crippen LogP contribution in [0.1, 0.15) is 19.3 Å². The van der Waals surface area contributed by atoms with Crippen LogP contribution in [0.15, 0.2) is 18.2 Å². The molecule has 2 unspecified atom stereocenters. The van der Waals surface area contributed by atoms with E-state index in [1.807, 2.05) is 11.9 Å². The molecule has 2 fully saturated rings. The number of carbonyl (C=O) groups is 2. The maximum absolute atomic E-state index is 13.0. The minimum absolute atomic E-state index is 0.0389. The van der Waals surface area contributed by atoms with Gasteiger partial charge in [-0.15, -0.1) is 0 Å². The largest absolute Gasteiger partial charge is 0.497 e. The molecular weight excluding hydrogens is 334 g/mol. The average molecular weight is 361 g/mol. The van der Waals surface area contributed by atoms with Crippen molar-refractivity contribution in [1.82, 2.24) is 10.2 Å². The molecule has 26 heavy (non-hydrogen) atoms. The number of benzene rings is 1. The second-order valence-corrected chi connectivity index (χ2v) is 6.86. The number of amides is 2. The van der Waals surface area contributed by atoms with Gasteiger partial charge in [0.25, 0.3) is 0 Å². The second kappa shape index (κ2) is 7.95. The molecule has 1 aromatic rings. The second-order valence-electron chi connectivity index (χ2n) is 6.86. The molecular formula is C19H27N3O4. The number of nitrogens with one attached hydrogen (secondary N) is 1. The fourth-order valence-corrected chi connectivity index (χ4v) is 3.88. The summed E-state index contributed by atoms with van der Waals surface area (Å²) in [4.78, 5) is 29.2. The zero-order valence-corrected chi connectivity index (χ0v) is 15.7. The molecule has 2 aliphatic heterocycles. The van der Waals surface area contributed by atoms with E-state index in [1.165, 1.54) is 0 Å². The quantitative estimate of drug-likeness (QED) is 0.826. The monoisotopic (exact) mass is 361 g/mol. The van der Waals surface area contributed by atoms with Crippen LogP contribution in [0.2, 0.25) is 0 Å². The first-order valence-corrected chi connectivity index (χ1v) is 9.06. The van der Waals surface area contributed by atoms with Crippen LogP contribution >= 0.6 is 0 Å². The third-order valence-corrected chi connectivity index (χ3v) is 5.22. The molecule has 0 radical (unpaired) electrons. The van der Waals surface area contributed by atoms with E-state index in [0.29, 0.717) is 23.7 Å². The highest BCUT2D eigenvalue weighted by molar-refractivity contribution is 6.00. The summed E-state index contributed by atoms with van der Waals surface area (Å²) in [6.07, 6.45) is 2.29. The van der Waals surface area contributed by atoms with Crippen LogP contribution in [-0.2, 0) is 9.59 Å². The van der Waals surface area contributed by atoms with Gasteiger partial charge in [0.2, 0.25) is 11.8 Å². The molecule has 2 heterocycles. The zero-order chi connectivity index (χ0) is 18.7. The number of ether oxygens (including phenoxy) is 2. The summed E-state index contributed by atoms with van der Waals surface area (Å²) in [6, 6.07) is 5.59. The smallest absolute Gasteiger partial charge is 0.228 e. The summed E-state index contributed by atoms with van der Waals surface area (Å²) in [6.45, 7) is 1.98. The average Bonchev–Trinajstić information content (AvgIpc) is 3.27. The van der Waals surface area contributed by atoms with Crippen molar-refractivity contribution in [1.29, 1.82) is 0 Å².